The number of piperidine rings is 1. The summed E-state index contributed by atoms with van der Waals surface area (Å²) in [6.45, 7) is 6.56. The monoisotopic (exact) mass is 468 g/mol. The van der Waals surface area contributed by atoms with Crippen LogP contribution in [0.15, 0.2) is 42.5 Å². The highest BCUT2D eigenvalue weighted by atomic mass is 19.1. The summed E-state index contributed by atoms with van der Waals surface area (Å²) in [7, 11) is 0. The van der Waals surface area contributed by atoms with Crippen molar-refractivity contribution in [1.29, 1.82) is 0 Å². The maximum absolute atomic E-state index is 15.3. The van der Waals surface area contributed by atoms with Gasteiger partial charge in [0.25, 0.3) is 0 Å². The van der Waals surface area contributed by atoms with E-state index in [9.17, 15) is 14.7 Å². The van der Waals surface area contributed by atoms with Crippen molar-refractivity contribution in [1.82, 2.24) is 10.2 Å². The Balaban J connectivity index is 1.96. The van der Waals surface area contributed by atoms with E-state index in [1.165, 1.54) is 6.07 Å². The molecule has 0 aliphatic carbocycles. The number of hydrogen-bond acceptors (Lipinski definition) is 4. The molecule has 3 rings (SSSR count). The lowest BCUT2D eigenvalue weighted by Crippen LogP contribution is -2.50. The van der Waals surface area contributed by atoms with Gasteiger partial charge >= 0.3 is 0 Å². The number of benzene rings is 2. The number of carbonyl (C=O) groups excluding carboxylic acids is 2. The SMILES string of the molecule is [CH2]CCC(O)(c1cccc(F)c1-c1cccc(CC)c1)C1CCCN(C(=O)CNC(=O)CN)C1. The first-order valence-corrected chi connectivity index (χ1v) is 12.0. The van der Waals surface area contributed by atoms with Gasteiger partial charge < -0.3 is 21.1 Å². The molecule has 0 bridgehead atoms. The molecule has 0 aromatic heterocycles. The quantitative estimate of drug-likeness (QED) is 0.527. The van der Waals surface area contributed by atoms with E-state index >= 15 is 4.39 Å². The van der Waals surface area contributed by atoms with E-state index in [2.05, 4.69) is 12.2 Å². The number of halogens is 1. The molecular formula is C27H35FN3O3. The average molecular weight is 469 g/mol. The molecule has 34 heavy (non-hydrogen) atoms. The fraction of sp³-hybridized carbons (Fsp3) is 0.444. The summed E-state index contributed by atoms with van der Waals surface area (Å²) in [4.78, 5) is 25.8. The molecule has 1 fully saturated rings. The number of nitrogens with one attached hydrogen (secondary N) is 1. The molecule has 1 aliphatic heterocycles. The summed E-state index contributed by atoms with van der Waals surface area (Å²) in [5, 5.41) is 14.6. The zero-order valence-corrected chi connectivity index (χ0v) is 19.9. The van der Waals surface area contributed by atoms with E-state index in [1.54, 1.807) is 17.0 Å². The number of nitrogens with zero attached hydrogens (tertiary/aromatic N) is 1. The van der Waals surface area contributed by atoms with Crippen LogP contribution in [0.2, 0.25) is 0 Å². The molecule has 7 heteroatoms. The molecule has 2 amide bonds. The van der Waals surface area contributed by atoms with Gasteiger partial charge in [0.1, 0.15) is 5.82 Å². The molecule has 1 radical (unpaired) electrons. The van der Waals surface area contributed by atoms with E-state index in [4.69, 9.17) is 5.73 Å². The predicted molar refractivity (Wildman–Crippen MR) is 131 cm³/mol. The summed E-state index contributed by atoms with van der Waals surface area (Å²) in [6, 6.07) is 12.6. The molecule has 183 valence electrons. The van der Waals surface area contributed by atoms with Crippen molar-refractivity contribution < 1.29 is 19.1 Å². The Labute approximate surface area is 201 Å². The van der Waals surface area contributed by atoms with Crippen molar-refractivity contribution in [3.05, 3.63) is 66.3 Å². The second-order valence-corrected chi connectivity index (χ2v) is 8.90. The maximum atomic E-state index is 15.3. The van der Waals surface area contributed by atoms with Gasteiger partial charge in [0, 0.05) is 24.6 Å². The van der Waals surface area contributed by atoms with Gasteiger partial charge in [0.05, 0.1) is 18.7 Å². The van der Waals surface area contributed by atoms with Crippen LogP contribution in [-0.2, 0) is 21.6 Å². The minimum absolute atomic E-state index is 0.133. The molecule has 2 aromatic rings. The number of nitrogens with two attached hydrogens (primary N) is 1. The molecule has 1 saturated heterocycles. The molecule has 6 nitrogen and oxygen atoms in total. The minimum atomic E-state index is -1.36. The fourth-order valence-electron chi connectivity index (χ4n) is 4.90. The summed E-state index contributed by atoms with van der Waals surface area (Å²) in [5.74, 6) is -1.30. The molecule has 0 spiro atoms. The van der Waals surface area contributed by atoms with E-state index < -0.39 is 11.5 Å². The Morgan fingerprint density at radius 2 is 2.06 bits per heavy atom. The van der Waals surface area contributed by atoms with Crippen molar-refractivity contribution in [2.45, 2.75) is 44.6 Å². The van der Waals surface area contributed by atoms with Crippen LogP contribution < -0.4 is 11.1 Å². The van der Waals surface area contributed by atoms with Crippen LogP contribution in [-0.4, -0.2) is 48.0 Å². The Morgan fingerprint density at radius 3 is 2.76 bits per heavy atom. The molecule has 2 atom stereocenters. The van der Waals surface area contributed by atoms with Gasteiger partial charge in [0.15, 0.2) is 0 Å². The van der Waals surface area contributed by atoms with Crippen LogP contribution in [0.4, 0.5) is 4.39 Å². The molecule has 2 aromatic carbocycles. The lowest BCUT2D eigenvalue weighted by molar-refractivity contribution is -0.137. The standard InChI is InChI=1S/C27H35FN3O3/c1-3-13-27(34,21-10-7-14-31(18-21)25(33)17-30-24(32)16-29)22-11-6-12-23(28)26(22)20-9-5-8-19(4-2)15-20/h5-6,8-9,11-12,15,21,34H,1,3-4,7,10,13-14,16-18,29H2,2H3,(H,30,32). The lowest BCUT2D eigenvalue weighted by Gasteiger charge is -2.43. The zero-order chi connectivity index (χ0) is 24.7. The van der Waals surface area contributed by atoms with Crippen LogP contribution in [0.1, 0.15) is 43.7 Å². The highest BCUT2D eigenvalue weighted by Gasteiger charge is 2.42. The van der Waals surface area contributed by atoms with Gasteiger partial charge in [-0.15, -0.1) is 0 Å². The summed E-state index contributed by atoms with van der Waals surface area (Å²) < 4.78 is 15.3. The van der Waals surface area contributed by atoms with Gasteiger partial charge in [-0.2, -0.15) is 0 Å². The highest BCUT2D eigenvalue weighted by Crippen LogP contribution is 2.44. The Morgan fingerprint density at radius 1 is 1.29 bits per heavy atom. The van der Waals surface area contributed by atoms with Gasteiger partial charge in [-0.1, -0.05) is 56.7 Å². The van der Waals surface area contributed by atoms with Crippen molar-refractivity contribution >= 4 is 11.8 Å². The third kappa shape index (κ3) is 5.65. The first-order chi connectivity index (χ1) is 16.3. The highest BCUT2D eigenvalue weighted by molar-refractivity contribution is 5.85. The average Bonchev–Trinajstić information content (AvgIpc) is 2.87. The molecule has 1 heterocycles. The van der Waals surface area contributed by atoms with Crippen molar-refractivity contribution in [3.63, 3.8) is 0 Å². The van der Waals surface area contributed by atoms with E-state index in [0.717, 1.165) is 17.5 Å². The number of rotatable bonds is 9. The van der Waals surface area contributed by atoms with E-state index in [0.29, 0.717) is 49.9 Å². The minimum Gasteiger partial charge on any atom is -0.385 e. The predicted octanol–water partition coefficient (Wildman–Crippen LogP) is 3.17. The molecular weight excluding hydrogens is 433 g/mol. The van der Waals surface area contributed by atoms with Crippen molar-refractivity contribution in [3.8, 4) is 11.1 Å². The molecule has 1 aliphatic rings. The normalized spacial score (nSPS) is 17.8. The second kappa shape index (κ2) is 11.6. The van der Waals surface area contributed by atoms with Crippen LogP contribution >= 0.6 is 0 Å². The van der Waals surface area contributed by atoms with E-state index in [-0.39, 0.29) is 30.7 Å². The van der Waals surface area contributed by atoms with Crippen LogP contribution in [0, 0.1) is 18.7 Å². The summed E-state index contributed by atoms with van der Waals surface area (Å²) >= 11 is 0. The number of amides is 2. The fourth-order valence-corrected chi connectivity index (χ4v) is 4.90. The number of aliphatic hydroxyl groups is 1. The molecule has 4 N–H and O–H groups in total. The Kier molecular flexibility index (Phi) is 8.80. The summed E-state index contributed by atoms with van der Waals surface area (Å²) in [5.41, 5.74) is 6.67. The van der Waals surface area contributed by atoms with Gasteiger partial charge in [0.2, 0.25) is 11.8 Å². The molecule has 2 unspecified atom stereocenters. The smallest absolute Gasteiger partial charge is 0.241 e. The van der Waals surface area contributed by atoms with Crippen LogP contribution in [0.3, 0.4) is 0 Å². The largest absolute Gasteiger partial charge is 0.385 e. The second-order valence-electron chi connectivity index (χ2n) is 8.90. The first-order valence-electron chi connectivity index (χ1n) is 12.0. The van der Waals surface area contributed by atoms with Gasteiger partial charge in [-0.05, 0) is 48.4 Å². The number of aryl methyl sites for hydroxylation is 1. The third-order valence-electron chi connectivity index (χ3n) is 6.73. The van der Waals surface area contributed by atoms with E-state index in [1.807, 2.05) is 31.2 Å². The lowest BCUT2D eigenvalue weighted by atomic mass is 9.72. The van der Waals surface area contributed by atoms with Gasteiger partial charge in [-0.3, -0.25) is 9.59 Å². The Hall–Kier alpha value is -2.77. The van der Waals surface area contributed by atoms with Crippen molar-refractivity contribution in [2.24, 2.45) is 11.7 Å². The maximum Gasteiger partial charge on any atom is 0.241 e. The third-order valence-corrected chi connectivity index (χ3v) is 6.73. The number of hydrogen-bond donors (Lipinski definition) is 3. The molecule has 0 saturated carbocycles. The van der Waals surface area contributed by atoms with Crippen LogP contribution in [0.5, 0.6) is 0 Å². The topological polar surface area (TPSA) is 95.7 Å². The van der Waals surface area contributed by atoms with Crippen LogP contribution in [0.25, 0.3) is 11.1 Å². The Bertz CT molecular complexity index is 1010. The number of carbonyl (C=O) groups is 2. The first kappa shape index (κ1) is 25.8. The van der Waals surface area contributed by atoms with Crippen molar-refractivity contribution in [2.75, 3.05) is 26.2 Å². The zero-order valence-electron chi connectivity index (χ0n) is 19.9. The summed E-state index contributed by atoms with van der Waals surface area (Å²) in [6.07, 6.45) is 3.02. The van der Waals surface area contributed by atoms with Gasteiger partial charge in [-0.25, -0.2) is 4.39 Å². The number of likely N-dealkylation sites (tertiary alicyclic amines) is 1.